The molecule has 0 saturated carbocycles. The van der Waals surface area contributed by atoms with Crippen LogP contribution in [0.15, 0.2) is 48.6 Å². The van der Waals surface area contributed by atoms with Crippen LogP contribution in [-0.4, -0.2) is 37.9 Å². The van der Waals surface area contributed by atoms with Gasteiger partial charge < -0.3 is 14.2 Å². The molecule has 0 rings (SSSR count). The number of rotatable bonds is 44. The van der Waals surface area contributed by atoms with Gasteiger partial charge in [0.25, 0.3) is 0 Å². The van der Waals surface area contributed by atoms with Crippen molar-refractivity contribution in [1.29, 1.82) is 0 Å². The first-order valence-corrected chi connectivity index (χ1v) is 24.2. The van der Waals surface area contributed by atoms with Crippen molar-refractivity contribution < 1.29 is 23.8 Å². The van der Waals surface area contributed by atoms with Crippen molar-refractivity contribution in [3.05, 3.63) is 48.6 Å². The highest BCUT2D eigenvalue weighted by Crippen LogP contribution is 2.15. The fraction of sp³-hybridized carbons (Fsp3) is 0.804. The molecule has 0 N–H and O–H groups in total. The minimum atomic E-state index is -0.534. The summed E-state index contributed by atoms with van der Waals surface area (Å²) < 4.78 is 17.2. The highest BCUT2D eigenvalue weighted by Gasteiger charge is 2.17. The minimum absolute atomic E-state index is 0.0806. The van der Waals surface area contributed by atoms with E-state index in [1.165, 1.54) is 128 Å². The maximum Gasteiger partial charge on any atom is 0.306 e. The van der Waals surface area contributed by atoms with Crippen molar-refractivity contribution in [2.24, 2.45) is 0 Å². The Bertz CT molecular complexity index is 935. The van der Waals surface area contributed by atoms with E-state index in [1.807, 2.05) is 0 Å². The first-order valence-electron chi connectivity index (χ1n) is 24.2. The highest BCUT2D eigenvalue weighted by atomic mass is 16.6. The van der Waals surface area contributed by atoms with Crippen LogP contribution in [0.25, 0.3) is 0 Å². The molecule has 0 aliphatic rings. The molecular formula is C51H92O5. The van der Waals surface area contributed by atoms with Crippen molar-refractivity contribution in [2.75, 3.05) is 19.8 Å². The number of unbranched alkanes of at least 4 members (excludes halogenated alkanes) is 25. The highest BCUT2D eigenvalue weighted by molar-refractivity contribution is 5.70. The van der Waals surface area contributed by atoms with E-state index < -0.39 is 6.10 Å². The molecule has 0 saturated heterocycles. The van der Waals surface area contributed by atoms with E-state index >= 15 is 0 Å². The molecule has 5 nitrogen and oxygen atoms in total. The minimum Gasteiger partial charge on any atom is -0.462 e. The fourth-order valence-electron chi connectivity index (χ4n) is 6.80. The van der Waals surface area contributed by atoms with E-state index in [9.17, 15) is 9.59 Å². The summed E-state index contributed by atoms with van der Waals surface area (Å²) >= 11 is 0. The SMILES string of the molecule is CC/C=C\C/C=C\C/C=C\C/C=C\CCCCCCCCC(=O)OCC(COCCCCCCCC)OC(=O)CCCCCCCCCCCCCCCCC. The molecule has 0 heterocycles. The number of hydrogen-bond acceptors (Lipinski definition) is 5. The van der Waals surface area contributed by atoms with Gasteiger partial charge in [0.05, 0.1) is 6.61 Å². The van der Waals surface area contributed by atoms with E-state index in [0.29, 0.717) is 19.4 Å². The van der Waals surface area contributed by atoms with Gasteiger partial charge in [-0.05, 0) is 57.8 Å². The molecule has 0 aliphatic heterocycles. The van der Waals surface area contributed by atoms with Gasteiger partial charge in [-0.1, -0.05) is 217 Å². The summed E-state index contributed by atoms with van der Waals surface area (Å²) in [5.74, 6) is -0.408. The number of allylic oxidation sites excluding steroid dienone is 8. The smallest absolute Gasteiger partial charge is 0.306 e. The van der Waals surface area contributed by atoms with Gasteiger partial charge in [-0.25, -0.2) is 0 Å². The second kappa shape index (κ2) is 47.2. The van der Waals surface area contributed by atoms with Crippen LogP contribution in [0, 0.1) is 0 Å². The Morgan fingerprint density at radius 3 is 1.29 bits per heavy atom. The van der Waals surface area contributed by atoms with Crippen molar-refractivity contribution in [1.82, 2.24) is 0 Å². The first kappa shape index (κ1) is 53.9. The van der Waals surface area contributed by atoms with E-state index in [1.54, 1.807) is 0 Å². The summed E-state index contributed by atoms with van der Waals surface area (Å²) in [6.45, 7) is 7.69. The van der Waals surface area contributed by atoms with Gasteiger partial charge in [0.2, 0.25) is 0 Å². The normalized spacial score (nSPS) is 12.6. The lowest BCUT2D eigenvalue weighted by molar-refractivity contribution is -0.163. The molecule has 56 heavy (non-hydrogen) atoms. The molecule has 0 amide bonds. The summed E-state index contributed by atoms with van der Waals surface area (Å²) in [7, 11) is 0. The Morgan fingerprint density at radius 2 is 0.804 bits per heavy atom. The van der Waals surface area contributed by atoms with Crippen LogP contribution in [0.4, 0.5) is 0 Å². The largest absolute Gasteiger partial charge is 0.462 e. The lowest BCUT2D eigenvalue weighted by Gasteiger charge is -2.18. The Hall–Kier alpha value is -2.14. The number of esters is 2. The number of ether oxygens (including phenoxy) is 3. The average Bonchev–Trinajstić information content (AvgIpc) is 3.20. The topological polar surface area (TPSA) is 61.8 Å². The van der Waals surface area contributed by atoms with Gasteiger partial charge in [0.15, 0.2) is 6.10 Å². The molecule has 1 atom stereocenters. The van der Waals surface area contributed by atoms with Crippen LogP contribution in [0.1, 0.15) is 239 Å². The standard InChI is InChI=1S/C51H92O5/c1-4-7-10-13-16-18-20-22-24-25-26-27-29-30-32-34-36-38-41-44-50(52)55-48-49(47-54-46-43-40-15-12-9-6-3)56-51(53)45-42-39-37-35-33-31-28-23-21-19-17-14-11-8-5-2/h7,10,16,18,22,24,26-27,49H,4-6,8-9,11-15,17,19-21,23,25,28-48H2,1-3H3/b10-7-,18-16-,24-22-,27-26-. The molecule has 1 unspecified atom stereocenters. The lowest BCUT2D eigenvalue weighted by Crippen LogP contribution is -2.30. The molecule has 0 aromatic heterocycles. The molecule has 0 aromatic rings. The molecule has 0 aliphatic carbocycles. The third-order valence-corrected chi connectivity index (χ3v) is 10.4. The second-order valence-electron chi connectivity index (χ2n) is 16.0. The molecule has 0 spiro atoms. The van der Waals surface area contributed by atoms with Gasteiger partial charge >= 0.3 is 11.9 Å². The van der Waals surface area contributed by atoms with Crippen LogP contribution in [0.3, 0.4) is 0 Å². The number of carbonyl (C=O) groups is 2. The molecular weight excluding hydrogens is 693 g/mol. The van der Waals surface area contributed by atoms with Gasteiger partial charge in [-0.3, -0.25) is 9.59 Å². The summed E-state index contributed by atoms with van der Waals surface area (Å²) in [5.41, 5.74) is 0. The number of carbonyl (C=O) groups excluding carboxylic acids is 2. The Labute approximate surface area is 348 Å². The van der Waals surface area contributed by atoms with Crippen LogP contribution in [-0.2, 0) is 23.8 Å². The third-order valence-electron chi connectivity index (χ3n) is 10.4. The van der Waals surface area contributed by atoms with Crippen molar-refractivity contribution in [3.63, 3.8) is 0 Å². The summed E-state index contributed by atoms with van der Waals surface area (Å²) in [4.78, 5) is 25.2. The zero-order valence-electron chi connectivity index (χ0n) is 37.4. The van der Waals surface area contributed by atoms with E-state index in [4.69, 9.17) is 14.2 Å². The Morgan fingerprint density at radius 1 is 0.411 bits per heavy atom. The van der Waals surface area contributed by atoms with Crippen molar-refractivity contribution in [2.45, 2.75) is 245 Å². The molecule has 326 valence electrons. The molecule has 0 aromatic carbocycles. The number of hydrogen-bond donors (Lipinski definition) is 0. The van der Waals surface area contributed by atoms with E-state index in [-0.39, 0.29) is 25.2 Å². The molecule has 5 heteroatoms. The van der Waals surface area contributed by atoms with Gasteiger partial charge in [-0.2, -0.15) is 0 Å². The summed E-state index contributed by atoms with van der Waals surface area (Å²) in [5, 5.41) is 0. The lowest BCUT2D eigenvalue weighted by atomic mass is 10.0. The van der Waals surface area contributed by atoms with Crippen LogP contribution >= 0.6 is 0 Å². The molecule has 0 fully saturated rings. The van der Waals surface area contributed by atoms with Crippen LogP contribution in [0.5, 0.6) is 0 Å². The monoisotopic (exact) mass is 785 g/mol. The van der Waals surface area contributed by atoms with Gasteiger partial charge in [0, 0.05) is 19.4 Å². The molecule has 0 bridgehead atoms. The van der Waals surface area contributed by atoms with Crippen LogP contribution in [0.2, 0.25) is 0 Å². The van der Waals surface area contributed by atoms with Gasteiger partial charge in [0.1, 0.15) is 6.61 Å². The second-order valence-corrected chi connectivity index (χ2v) is 16.0. The summed E-state index contributed by atoms with van der Waals surface area (Å²) in [6, 6.07) is 0. The van der Waals surface area contributed by atoms with Crippen molar-refractivity contribution >= 4 is 11.9 Å². The maximum absolute atomic E-state index is 12.7. The first-order chi connectivity index (χ1) is 27.6. The average molecular weight is 785 g/mol. The van der Waals surface area contributed by atoms with E-state index in [2.05, 4.69) is 69.4 Å². The maximum atomic E-state index is 12.7. The van der Waals surface area contributed by atoms with Crippen molar-refractivity contribution in [3.8, 4) is 0 Å². The molecule has 0 radical (unpaired) electrons. The van der Waals surface area contributed by atoms with Gasteiger partial charge in [-0.15, -0.1) is 0 Å². The van der Waals surface area contributed by atoms with E-state index in [0.717, 1.165) is 77.0 Å². The third kappa shape index (κ3) is 44.6. The predicted molar refractivity (Wildman–Crippen MR) is 242 cm³/mol. The van der Waals surface area contributed by atoms with Crippen LogP contribution < -0.4 is 0 Å². The summed E-state index contributed by atoms with van der Waals surface area (Å²) in [6.07, 6.45) is 56.9. The fourth-order valence-corrected chi connectivity index (χ4v) is 6.80. The predicted octanol–water partition coefficient (Wildman–Crippen LogP) is 16.0. The quantitative estimate of drug-likeness (QED) is 0.0350. The zero-order valence-corrected chi connectivity index (χ0v) is 37.4. The Balaban J connectivity index is 4.10. The zero-order chi connectivity index (χ0) is 40.7. The Kier molecular flexibility index (Phi) is 45.4.